The maximum absolute atomic E-state index is 11.7. The largest absolute Gasteiger partial charge is 0.453 e. The number of fused-ring (bicyclic) bond motifs is 3. The van der Waals surface area contributed by atoms with Crippen molar-refractivity contribution in [3.63, 3.8) is 0 Å². The summed E-state index contributed by atoms with van der Waals surface area (Å²) in [6.45, 7) is 0.852. The Labute approximate surface area is 141 Å². The molecule has 2 saturated heterocycles. The van der Waals surface area contributed by atoms with Crippen LogP contribution in [0.2, 0.25) is 0 Å². The van der Waals surface area contributed by atoms with Crippen LogP contribution in [0.1, 0.15) is 0 Å². The fourth-order valence-electron chi connectivity index (χ4n) is 3.48. The Morgan fingerprint density at radius 2 is 1.58 bits per heavy atom. The van der Waals surface area contributed by atoms with Crippen molar-refractivity contribution in [2.24, 2.45) is 0 Å². The van der Waals surface area contributed by atoms with Gasteiger partial charge in [-0.1, -0.05) is 24.3 Å². The quantitative estimate of drug-likeness (QED) is 0.792. The molecule has 0 amide bonds. The molecule has 3 aliphatic heterocycles. The van der Waals surface area contributed by atoms with Gasteiger partial charge in [0.05, 0.1) is 30.6 Å². The minimum Gasteiger partial charge on any atom is -0.453 e. The van der Waals surface area contributed by atoms with E-state index in [1.807, 2.05) is 48.5 Å². The van der Waals surface area contributed by atoms with Gasteiger partial charge in [0.25, 0.3) is 0 Å². The lowest BCUT2D eigenvalue weighted by atomic mass is 9.99. The lowest BCUT2D eigenvalue weighted by molar-refractivity contribution is -0.0329. The van der Waals surface area contributed by atoms with Crippen LogP contribution < -0.4 is 9.64 Å². The first-order valence-electron chi connectivity index (χ1n) is 7.80. The number of hydrogen-bond donors (Lipinski definition) is 0. The van der Waals surface area contributed by atoms with Crippen LogP contribution in [-0.4, -0.2) is 35.7 Å². The second-order valence-corrected chi connectivity index (χ2v) is 6.71. The lowest BCUT2D eigenvalue weighted by Crippen LogP contribution is -2.54. The molecular formula is C17H15NO5S. The number of ether oxygens (including phenoxy) is 2. The summed E-state index contributed by atoms with van der Waals surface area (Å²) >= 11 is -1.72. The maximum Gasteiger partial charge on any atom is 0.305 e. The van der Waals surface area contributed by atoms with E-state index in [-0.39, 0.29) is 18.2 Å². The molecule has 0 spiro atoms. The van der Waals surface area contributed by atoms with Gasteiger partial charge in [0.1, 0.15) is 12.2 Å². The summed E-state index contributed by atoms with van der Waals surface area (Å²) in [6, 6.07) is 15.5. The van der Waals surface area contributed by atoms with Crippen LogP contribution in [0.25, 0.3) is 0 Å². The third kappa shape index (κ3) is 2.16. The SMILES string of the molecule is O=S1O[C@@H]2[C@H](COC[C@H]2N2c3ccccc3Oc3ccccc32)O1. The number of nitrogens with zero attached hydrogens (tertiary/aromatic N) is 1. The van der Waals surface area contributed by atoms with Crippen LogP contribution in [0.15, 0.2) is 48.5 Å². The van der Waals surface area contributed by atoms with Crippen molar-refractivity contribution < 1.29 is 22.0 Å². The Morgan fingerprint density at radius 1 is 0.917 bits per heavy atom. The summed E-state index contributed by atoms with van der Waals surface area (Å²) in [6.07, 6.45) is -0.648. The fraction of sp³-hybridized carbons (Fsp3) is 0.294. The van der Waals surface area contributed by atoms with Gasteiger partial charge in [-0.15, -0.1) is 0 Å². The van der Waals surface area contributed by atoms with Crippen molar-refractivity contribution in [3.05, 3.63) is 48.5 Å². The molecule has 0 aromatic heterocycles. The molecule has 0 bridgehead atoms. The number of rotatable bonds is 1. The molecule has 4 atom stereocenters. The van der Waals surface area contributed by atoms with E-state index in [1.54, 1.807) is 0 Å². The molecule has 2 aromatic carbocycles. The molecule has 3 aliphatic rings. The minimum atomic E-state index is -1.72. The number of anilines is 2. The van der Waals surface area contributed by atoms with Gasteiger partial charge in [0.15, 0.2) is 11.5 Å². The van der Waals surface area contributed by atoms with E-state index < -0.39 is 11.4 Å². The molecule has 7 heteroatoms. The van der Waals surface area contributed by atoms with E-state index in [4.69, 9.17) is 17.8 Å². The van der Waals surface area contributed by atoms with Gasteiger partial charge in [-0.2, -0.15) is 4.21 Å². The molecule has 1 unspecified atom stereocenters. The van der Waals surface area contributed by atoms with Crippen molar-refractivity contribution in [3.8, 4) is 11.5 Å². The zero-order valence-electron chi connectivity index (χ0n) is 12.7. The molecule has 2 aromatic rings. The van der Waals surface area contributed by atoms with Gasteiger partial charge in [-0.05, 0) is 24.3 Å². The number of benzene rings is 2. The third-order valence-corrected chi connectivity index (χ3v) is 5.29. The minimum absolute atomic E-state index is 0.151. The van der Waals surface area contributed by atoms with Crippen molar-refractivity contribution in [2.75, 3.05) is 18.1 Å². The summed E-state index contributed by atoms with van der Waals surface area (Å²) in [5.74, 6) is 1.55. The maximum atomic E-state index is 11.7. The van der Waals surface area contributed by atoms with Crippen LogP contribution in [0, 0.1) is 0 Å². The lowest BCUT2D eigenvalue weighted by Gasteiger charge is -2.42. The molecular weight excluding hydrogens is 330 g/mol. The third-order valence-electron chi connectivity index (χ3n) is 4.51. The second-order valence-electron chi connectivity index (χ2n) is 5.91. The van der Waals surface area contributed by atoms with E-state index in [0.29, 0.717) is 13.2 Å². The van der Waals surface area contributed by atoms with E-state index in [1.165, 1.54) is 0 Å². The first kappa shape index (κ1) is 14.4. The van der Waals surface area contributed by atoms with Crippen LogP contribution in [-0.2, 0) is 24.5 Å². The molecule has 3 heterocycles. The van der Waals surface area contributed by atoms with Gasteiger partial charge in [0, 0.05) is 0 Å². The summed E-state index contributed by atoms with van der Waals surface area (Å²) < 4.78 is 34.3. The average Bonchev–Trinajstić information content (AvgIpc) is 3.00. The molecule has 0 radical (unpaired) electrons. The highest BCUT2D eigenvalue weighted by Crippen LogP contribution is 2.48. The molecule has 0 N–H and O–H groups in total. The van der Waals surface area contributed by atoms with E-state index in [2.05, 4.69) is 4.90 Å². The predicted octanol–water partition coefficient (Wildman–Crippen LogP) is 2.69. The molecule has 5 rings (SSSR count). The summed E-state index contributed by atoms with van der Waals surface area (Å²) in [5.41, 5.74) is 1.87. The van der Waals surface area contributed by atoms with Crippen LogP contribution in [0.5, 0.6) is 11.5 Å². The topological polar surface area (TPSA) is 57.2 Å². The molecule has 2 fully saturated rings. The molecule has 24 heavy (non-hydrogen) atoms. The van der Waals surface area contributed by atoms with Crippen molar-refractivity contribution >= 4 is 22.7 Å². The summed E-state index contributed by atoms with van der Waals surface area (Å²) in [7, 11) is 0. The van der Waals surface area contributed by atoms with Crippen LogP contribution >= 0.6 is 0 Å². The monoisotopic (exact) mass is 345 g/mol. The van der Waals surface area contributed by atoms with Gasteiger partial charge in [-0.25, -0.2) is 0 Å². The molecule has 6 nitrogen and oxygen atoms in total. The highest BCUT2D eigenvalue weighted by Gasteiger charge is 2.48. The van der Waals surface area contributed by atoms with Crippen LogP contribution in [0.4, 0.5) is 11.4 Å². The second kappa shape index (κ2) is 5.56. The Hall–Kier alpha value is -1.93. The van der Waals surface area contributed by atoms with E-state index in [9.17, 15) is 4.21 Å². The number of hydrogen-bond acceptors (Lipinski definition) is 6. The van der Waals surface area contributed by atoms with Gasteiger partial charge >= 0.3 is 11.4 Å². The fourth-order valence-corrected chi connectivity index (χ4v) is 4.32. The highest BCUT2D eigenvalue weighted by molar-refractivity contribution is 7.75. The zero-order valence-corrected chi connectivity index (χ0v) is 13.5. The van der Waals surface area contributed by atoms with E-state index >= 15 is 0 Å². The smallest absolute Gasteiger partial charge is 0.305 e. The van der Waals surface area contributed by atoms with Gasteiger partial charge in [0.2, 0.25) is 0 Å². The Morgan fingerprint density at radius 3 is 2.29 bits per heavy atom. The van der Waals surface area contributed by atoms with Crippen molar-refractivity contribution in [2.45, 2.75) is 18.2 Å². The summed E-state index contributed by atoms with van der Waals surface area (Å²) in [4.78, 5) is 2.15. The first-order chi connectivity index (χ1) is 11.8. The summed E-state index contributed by atoms with van der Waals surface area (Å²) in [5, 5.41) is 0. The average molecular weight is 345 g/mol. The predicted molar refractivity (Wildman–Crippen MR) is 87.6 cm³/mol. The Kier molecular flexibility index (Phi) is 3.34. The number of para-hydroxylation sites is 4. The van der Waals surface area contributed by atoms with Crippen molar-refractivity contribution in [1.29, 1.82) is 0 Å². The van der Waals surface area contributed by atoms with E-state index in [0.717, 1.165) is 22.9 Å². The molecule has 124 valence electrons. The standard InChI is InChI=1S/C17H15NO5S/c19-24-22-16-10-20-9-13(17(16)23-24)18-11-5-1-3-7-14(11)21-15-8-4-2-6-12(15)18/h1-8,13,16-17H,9-10H2/t13-,16+,17+,24?/m1/s1. The van der Waals surface area contributed by atoms with Gasteiger partial charge < -0.3 is 14.4 Å². The molecule has 0 aliphatic carbocycles. The Balaban J connectivity index is 1.63. The normalized spacial score (nSPS) is 30.9. The zero-order chi connectivity index (χ0) is 16.1. The van der Waals surface area contributed by atoms with Gasteiger partial charge in [-0.3, -0.25) is 8.37 Å². The first-order valence-corrected chi connectivity index (χ1v) is 8.80. The molecule has 0 saturated carbocycles. The highest BCUT2D eigenvalue weighted by atomic mass is 32.2. The van der Waals surface area contributed by atoms with Crippen molar-refractivity contribution in [1.82, 2.24) is 0 Å². The Bertz CT molecular complexity index is 768. The van der Waals surface area contributed by atoms with Crippen LogP contribution in [0.3, 0.4) is 0 Å².